The number of hydrogen-bond donors (Lipinski definition) is 1. The number of carbonyl (C=O) groups excluding carboxylic acids is 3. The molecule has 8 nitrogen and oxygen atoms in total. The van der Waals surface area contributed by atoms with E-state index in [9.17, 15) is 14.4 Å². The minimum atomic E-state index is -0.720. The van der Waals surface area contributed by atoms with E-state index in [0.29, 0.717) is 35.2 Å². The van der Waals surface area contributed by atoms with Gasteiger partial charge in [-0.25, -0.2) is 9.59 Å². The quantitative estimate of drug-likeness (QED) is 0.571. The first-order valence-corrected chi connectivity index (χ1v) is 8.27. The van der Waals surface area contributed by atoms with Crippen molar-refractivity contribution in [2.24, 2.45) is 0 Å². The van der Waals surface area contributed by atoms with Crippen LogP contribution in [0.15, 0.2) is 18.2 Å². The van der Waals surface area contributed by atoms with E-state index in [-0.39, 0.29) is 6.54 Å². The summed E-state index contributed by atoms with van der Waals surface area (Å²) in [5.74, 6) is -0.442. The van der Waals surface area contributed by atoms with Crippen LogP contribution >= 0.6 is 11.6 Å². The molecule has 1 N–H and O–H groups in total. The fourth-order valence-electron chi connectivity index (χ4n) is 2.25. The molecule has 1 aromatic rings. The Bertz CT molecular complexity index is 734. The number of methoxy groups -OCH3 is 1. The Balaban J connectivity index is 1.96. The number of benzene rings is 1. The molecule has 3 amide bonds. The molecule has 1 aliphatic rings. The first-order chi connectivity index (χ1) is 12.5. The third-order valence-corrected chi connectivity index (χ3v) is 3.73. The van der Waals surface area contributed by atoms with Gasteiger partial charge in [0.25, 0.3) is 5.91 Å². The number of nitrogens with zero attached hydrogens (tertiary/aromatic N) is 1. The van der Waals surface area contributed by atoms with Crippen molar-refractivity contribution < 1.29 is 28.6 Å². The van der Waals surface area contributed by atoms with E-state index in [4.69, 9.17) is 25.8 Å². The highest BCUT2D eigenvalue weighted by Gasteiger charge is 2.26. The van der Waals surface area contributed by atoms with E-state index in [1.165, 1.54) is 13.2 Å². The molecule has 0 spiro atoms. The third kappa shape index (κ3) is 4.89. The molecule has 0 radical (unpaired) electrons. The minimum Gasteiger partial charge on any atom is -0.493 e. The van der Waals surface area contributed by atoms with E-state index in [1.807, 2.05) is 6.92 Å². The molecule has 1 fully saturated rings. The molecule has 0 unspecified atom stereocenters. The van der Waals surface area contributed by atoms with Gasteiger partial charge in [0, 0.05) is 19.2 Å². The summed E-state index contributed by atoms with van der Waals surface area (Å²) in [6.07, 6.45) is 2.63. The van der Waals surface area contributed by atoms with Crippen LogP contribution in [0.25, 0.3) is 6.08 Å². The fourth-order valence-corrected chi connectivity index (χ4v) is 2.53. The zero-order valence-corrected chi connectivity index (χ0v) is 15.2. The summed E-state index contributed by atoms with van der Waals surface area (Å²) in [7, 11) is 1.48. The van der Waals surface area contributed by atoms with Crippen LogP contribution < -0.4 is 14.8 Å². The topological polar surface area (TPSA) is 94.2 Å². The Kier molecular flexibility index (Phi) is 6.85. The Labute approximate surface area is 155 Å². The molecule has 140 valence electrons. The van der Waals surface area contributed by atoms with Gasteiger partial charge in [-0.15, -0.1) is 0 Å². The summed E-state index contributed by atoms with van der Waals surface area (Å²) < 4.78 is 15.5. The van der Waals surface area contributed by atoms with Crippen molar-refractivity contribution >= 4 is 35.6 Å². The highest BCUT2D eigenvalue weighted by molar-refractivity contribution is 6.32. The monoisotopic (exact) mass is 382 g/mol. The second-order valence-corrected chi connectivity index (χ2v) is 5.59. The Morgan fingerprint density at radius 1 is 1.38 bits per heavy atom. The van der Waals surface area contributed by atoms with Gasteiger partial charge in [0.2, 0.25) is 0 Å². The molecule has 1 aromatic carbocycles. The second-order valence-electron chi connectivity index (χ2n) is 5.19. The van der Waals surface area contributed by atoms with Crippen molar-refractivity contribution in [3.8, 4) is 11.5 Å². The molecule has 1 heterocycles. The Morgan fingerprint density at radius 2 is 2.15 bits per heavy atom. The maximum Gasteiger partial charge on any atom is 0.331 e. The normalized spacial score (nSPS) is 13.7. The van der Waals surface area contributed by atoms with Gasteiger partial charge in [0.15, 0.2) is 18.1 Å². The predicted octanol–water partition coefficient (Wildman–Crippen LogP) is 1.86. The summed E-state index contributed by atoms with van der Waals surface area (Å²) in [4.78, 5) is 35.9. The molecule has 0 saturated carbocycles. The van der Waals surface area contributed by atoms with Gasteiger partial charge in [-0.05, 0) is 30.7 Å². The number of carbonyl (C=O) groups is 3. The summed E-state index contributed by atoms with van der Waals surface area (Å²) in [6.45, 7) is 2.39. The van der Waals surface area contributed by atoms with Gasteiger partial charge in [-0.1, -0.05) is 11.6 Å². The van der Waals surface area contributed by atoms with Gasteiger partial charge in [0.05, 0.1) is 18.7 Å². The van der Waals surface area contributed by atoms with Crippen LogP contribution in [0.3, 0.4) is 0 Å². The van der Waals surface area contributed by atoms with E-state index in [0.717, 1.165) is 11.0 Å². The minimum absolute atomic E-state index is 0.259. The van der Waals surface area contributed by atoms with Crippen LogP contribution in [0, 0.1) is 0 Å². The SMILES string of the molecule is CCOc1c(Cl)cc(/C=C/C(=O)OCC(=O)N2CCNC2=O)cc1OC. The summed E-state index contributed by atoms with van der Waals surface area (Å²) >= 11 is 6.15. The van der Waals surface area contributed by atoms with E-state index in [1.54, 1.807) is 12.1 Å². The standard InChI is InChI=1S/C17H19ClN2O6/c1-3-25-16-12(18)8-11(9-13(16)24-2)4-5-15(22)26-10-14(21)20-7-6-19-17(20)23/h4-5,8-9H,3,6-7,10H2,1-2H3,(H,19,23)/b5-4+. The molecule has 0 bridgehead atoms. The molecular weight excluding hydrogens is 364 g/mol. The molecule has 1 saturated heterocycles. The third-order valence-electron chi connectivity index (χ3n) is 3.45. The van der Waals surface area contributed by atoms with Crippen molar-refractivity contribution in [2.75, 3.05) is 33.4 Å². The molecular formula is C17H19ClN2O6. The Morgan fingerprint density at radius 3 is 2.77 bits per heavy atom. The summed E-state index contributed by atoms with van der Waals surface area (Å²) in [5, 5.41) is 2.83. The summed E-state index contributed by atoms with van der Waals surface area (Å²) in [5.41, 5.74) is 0.595. The molecule has 26 heavy (non-hydrogen) atoms. The number of imide groups is 1. The average Bonchev–Trinajstić information content (AvgIpc) is 3.05. The largest absolute Gasteiger partial charge is 0.493 e. The van der Waals surface area contributed by atoms with E-state index >= 15 is 0 Å². The van der Waals surface area contributed by atoms with Gasteiger partial charge < -0.3 is 19.5 Å². The maximum atomic E-state index is 11.8. The molecule has 0 aromatic heterocycles. The summed E-state index contributed by atoms with van der Waals surface area (Å²) in [6, 6.07) is 2.77. The number of amides is 3. The highest BCUT2D eigenvalue weighted by atomic mass is 35.5. The van der Waals surface area contributed by atoms with Crippen LogP contribution in [0.5, 0.6) is 11.5 Å². The lowest BCUT2D eigenvalue weighted by atomic mass is 10.2. The number of halogens is 1. The molecule has 9 heteroatoms. The van der Waals surface area contributed by atoms with Gasteiger partial charge >= 0.3 is 12.0 Å². The van der Waals surface area contributed by atoms with Crippen LogP contribution in [0.1, 0.15) is 12.5 Å². The van der Waals surface area contributed by atoms with Crippen molar-refractivity contribution in [3.05, 3.63) is 28.8 Å². The number of urea groups is 1. The number of ether oxygens (including phenoxy) is 3. The van der Waals surface area contributed by atoms with Gasteiger partial charge in [0.1, 0.15) is 0 Å². The number of nitrogens with one attached hydrogen (secondary N) is 1. The molecule has 2 rings (SSSR count). The van der Waals surface area contributed by atoms with E-state index < -0.39 is 24.5 Å². The first kappa shape index (κ1) is 19.6. The lowest BCUT2D eigenvalue weighted by Crippen LogP contribution is -2.37. The molecule has 1 aliphatic heterocycles. The predicted molar refractivity (Wildman–Crippen MR) is 94.3 cm³/mol. The first-order valence-electron chi connectivity index (χ1n) is 7.89. The van der Waals surface area contributed by atoms with Crippen molar-refractivity contribution in [3.63, 3.8) is 0 Å². The number of rotatable bonds is 7. The highest BCUT2D eigenvalue weighted by Crippen LogP contribution is 2.36. The number of esters is 1. The van der Waals surface area contributed by atoms with Crippen LogP contribution in [0.2, 0.25) is 5.02 Å². The van der Waals surface area contributed by atoms with E-state index in [2.05, 4.69) is 5.32 Å². The van der Waals surface area contributed by atoms with Crippen LogP contribution in [-0.2, 0) is 14.3 Å². The molecule has 0 aliphatic carbocycles. The fraction of sp³-hybridized carbons (Fsp3) is 0.353. The lowest BCUT2D eigenvalue weighted by Gasteiger charge is -2.12. The number of hydrogen-bond acceptors (Lipinski definition) is 6. The average molecular weight is 383 g/mol. The molecule has 0 atom stereocenters. The van der Waals surface area contributed by atoms with Crippen molar-refractivity contribution in [2.45, 2.75) is 6.92 Å². The van der Waals surface area contributed by atoms with Crippen LogP contribution in [-0.4, -0.2) is 56.2 Å². The van der Waals surface area contributed by atoms with Gasteiger partial charge in [-0.3, -0.25) is 9.69 Å². The van der Waals surface area contributed by atoms with Gasteiger partial charge in [-0.2, -0.15) is 0 Å². The smallest absolute Gasteiger partial charge is 0.331 e. The Hall–Kier alpha value is -2.74. The van der Waals surface area contributed by atoms with Crippen molar-refractivity contribution in [1.29, 1.82) is 0 Å². The van der Waals surface area contributed by atoms with Crippen LogP contribution in [0.4, 0.5) is 4.79 Å². The second kappa shape index (κ2) is 9.10. The maximum absolute atomic E-state index is 11.8. The zero-order valence-electron chi connectivity index (χ0n) is 14.4. The lowest BCUT2D eigenvalue weighted by molar-refractivity contribution is -0.146. The zero-order chi connectivity index (χ0) is 19.1. The van der Waals surface area contributed by atoms with Crippen molar-refractivity contribution in [1.82, 2.24) is 10.2 Å².